The molecule has 1 aromatic carbocycles. The molecule has 1 unspecified atom stereocenters. The van der Waals surface area contributed by atoms with Gasteiger partial charge in [-0.25, -0.2) is 0 Å². The minimum absolute atomic E-state index is 0.0709. The van der Waals surface area contributed by atoms with Gasteiger partial charge in [-0.3, -0.25) is 0 Å². The van der Waals surface area contributed by atoms with Crippen LogP contribution in [0.2, 0.25) is 5.02 Å². The second-order valence-corrected chi connectivity index (χ2v) is 3.77. The van der Waals surface area contributed by atoms with Crippen LogP contribution in [0.1, 0.15) is 31.2 Å². The highest BCUT2D eigenvalue weighted by molar-refractivity contribution is 6.32. The van der Waals surface area contributed by atoms with Crippen molar-refractivity contribution in [1.29, 1.82) is 5.26 Å². The smallest absolute Gasteiger partial charge is 0.137 e. The van der Waals surface area contributed by atoms with E-state index in [-0.39, 0.29) is 5.92 Å². The minimum Gasteiger partial charge on any atom is -0.495 e. The molecule has 1 rings (SSSR count). The summed E-state index contributed by atoms with van der Waals surface area (Å²) in [4.78, 5) is 0. The van der Waals surface area contributed by atoms with Gasteiger partial charge < -0.3 is 4.74 Å². The normalized spacial score (nSPS) is 11.9. The van der Waals surface area contributed by atoms with E-state index in [4.69, 9.17) is 21.6 Å². The molecular formula is C12H14ClNO. The summed E-state index contributed by atoms with van der Waals surface area (Å²) < 4.78 is 5.06. The lowest BCUT2D eigenvalue weighted by Gasteiger charge is -2.10. The van der Waals surface area contributed by atoms with Crippen molar-refractivity contribution in [3.8, 4) is 11.8 Å². The van der Waals surface area contributed by atoms with Crippen molar-refractivity contribution >= 4 is 11.6 Å². The van der Waals surface area contributed by atoms with Crippen LogP contribution < -0.4 is 4.74 Å². The number of rotatable bonds is 4. The SMILES string of the molecule is CCCC(C#N)c1ccc(OC)c(Cl)c1. The van der Waals surface area contributed by atoms with E-state index in [9.17, 15) is 0 Å². The summed E-state index contributed by atoms with van der Waals surface area (Å²) in [6.45, 7) is 2.06. The minimum atomic E-state index is -0.0709. The van der Waals surface area contributed by atoms with Crippen LogP contribution >= 0.6 is 11.6 Å². The van der Waals surface area contributed by atoms with Crippen LogP contribution in [0.5, 0.6) is 5.75 Å². The summed E-state index contributed by atoms with van der Waals surface area (Å²) in [6, 6.07) is 7.79. The van der Waals surface area contributed by atoms with Crippen LogP contribution in [0.25, 0.3) is 0 Å². The highest BCUT2D eigenvalue weighted by atomic mass is 35.5. The van der Waals surface area contributed by atoms with Crippen molar-refractivity contribution in [2.45, 2.75) is 25.7 Å². The summed E-state index contributed by atoms with van der Waals surface area (Å²) in [7, 11) is 1.58. The van der Waals surface area contributed by atoms with E-state index in [0.29, 0.717) is 10.8 Å². The maximum atomic E-state index is 9.00. The molecule has 1 aromatic rings. The topological polar surface area (TPSA) is 33.0 Å². The van der Waals surface area contributed by atoms with E-state index in [1.54, 1.807) is 13.2 Å². The van der Waals surface area contributed by atoms with Gasteiger partial charge >= 0.3 is 0 Å². The first kappa shape index (κ1) is 11.9. The molecule has 0 saturated carbocycles. The fraction of sp³-hybridized carbons (Fsp3) is 0.417. The zero-order valence-electron chi connectivity index (χ0n) is 8.96. The first-order valence-corrected chi connectivity index (χ1v) is 5.33. The highest BCUT2D eigenvalue weighted by Gasteiger charge is 2.11. The maximum absolute atomic E-state index is 9.00. The Morgan fingerprint density at radius 1 is 1.53 bits per heavy atom. The second kappa shape index (κ2) is 5.63. The third kappa shape index (κ3) is 2.87. The molecule has 0 bridgehead atoms. The Morgan fingerprint density at radius 3 is 2.73 bits per heavy atom. The van der Waals surface area contributed by atoms with Gasteiger partial charge in [0.15, 0.2) is 0 Å². The van der Waals surface area contributed by atoms with Gasteiger partial charge in [-0.15, -0.1) is 0 Å². The molecule has 0 aliphatic heterocycles. The Hall–Kier alpha value is -1.20. The Bertz CT molecular complexity index is 370. The van der Waals surface area contributed by atoms with Crippen LogP contribution in [-0.2, 0) is 0 Å². The molecule has 0 aliphatic carbocycles. The summed E-state index contributed by atoms with van der Waals surface area (Å²) in [6.07, 6.45) is 1.85. The van der Waals surface area contributed by atoms with Crippen molar-refractivity contribution in [1.82, 2.24) is 0 Å². The number of ether oxygens (including phenoxy) is 1. The monoisotopic (exact) mass is 223 g/mol. The molecule has 2 nitrogen and oxygen atoms in total. The third-order valence-electron chi connectivity index (χ3n) is 2.31. The Morgan fingerprint density at radius 2 is 2.27 bits per heavy atom. The van der Waals surface area contributed by atoms with E-state index in [1.165, 1.54) is 0 Å². The van der Waals surface area contributed by atoms with E-state index >= 15 is 0 Å². The molecular weight excluding hydrogens is 210 g/mol. The maximum Gasteiger partial charge on any atom is 0.137 e. The zero-order valence-corrected chi connectivity index (χ0v) is 9.71. The van der Waals surface area contributed by atoms with Crippen molar-refractivity contribution in [3.63, 3.8) is 0 Å². The zero-order chi connectivity index (χ0) is 11.3. The molecule has 0 saturated heterocycles. The number of hydrogen-bond acceptors (Lipinski definition) is 2. The van der Waals surface area contributed by atoms with Gasteiger partial charge in [-0.1, -0.05) is 31.0 Å². The molecule has 0 N–H and O–H groups in total. The molecule has 0 aliphatic rings. The quantitative estimate of drug-likeness (QED) is 0.779. The van der Waals surface area contributed by atoms with E-state index in [1.807, 2.05) is 12.1 Å². The van der Waals surface area contributed by atoms with Gasteiger partial charge in [0.1, 0.15) is 5.75 Å². The van der Waals surface area contributed by atoms with E-state index in [0.717, 1.165) is 18.4 Å². The standard InChI is InChI=1S/C12H14ClNO/c1-3-4-10(8-14)9-5-6-12(15-2)11(13)7-9/h5-7,10H,3-4H2,1-2H3. The lowest BCUT2D eigenvalue weighted by Crippen LogP contribution is -1.95. The van der Waals surface area contributed by atoms with Crippen molar-refractivity contribution in [2.24, 2.45) is 0 Å². The summed E-state index contributed by atoms with van der Waals surface area (Å²) in [5.74, 6) is 0.576. The van der Waals surface area contributed by atoms with Crippen molar-refractivity contribution in [3.05, 3.63) is 28.8 Å². The average Bonchev–Trinajstić information content (AvgIpc) is 2.25. The molecule has 1 atom stereocenters. The van der Waals surface area contributed by atoms with Crippen LogP contribution in [-0.4, -0.2) is 7.11 Å². The highest BCUT2D eigenvalue weighted by Crippen LogP contribution is 2.29. The Balaban J connectivity index is 2.96. The molecule has 80 valence electrons. The predicted molar refractivity (Wildman–Crippen MR) is 61.3 cm³/mol. The molecule has 0 amide bonds. The second-order valence-electron chi connectivity index (χ2n) is 3.36. The molecule has 0 radical (unpaired) electrons. The first-order valence-electron chi connectivity index (χ1n) is 4.96. The number of hydrogen-bond donors (Lipinski definition) is 0. The van der Waals surface area contributed by atoms with Gasteiger partial charge in [0, 0.05) is 0 Å². The fourth-order valence-corrected chi connectivity index (χ4v) is 1.76. The van der Waals surface area contributed by atoms with Gasteiger partial charge in [-0.2, -0.15) is 5.26 Å². The molecule has 0 heterocycles. The molecule has 0 fully saturated rings. The number of nitriles is 1. The van der Waals surface area contributed by atoms with Crippen molar-refractivity contribution < 1.29 is 4.74 Å². The summed E-state index contributed by atoms with van der Waals surface area (Å²) in [5, 5.41) is 9.57. The van der Waals surface area contributed by atoms with Gasteiger partial charge in [0.05, 0.1) is 24.1 Å². The summed E-state index contributed by atoms with van der Waals surface area (Å²) >= 11 is 6.00. The van der Waals surface area contributed by atoms with Crippen LogP contribution in [0.4, 0.5) is 0 Å². The molecule has 0 spiro atoms. The number of nitrogens with zero attached hydrogens (tertiary/aromatic N) is 1. The number of halogens is 1. The average molecular weight is 224 g/mol. The summed E-state index contributed by atoms with van der Waals surface area (Å²) in [5.41, 5.74) is 0.963. The number of benzene rings is 1. The van der Waals surface area contributed by atoms with Gasteiger partial charge in [0.2, 0.25) is 0 Å². The molecule has 15 heavy (non-hydrogen) atoms. The first-order chi connectivity index (χ1) is 7.22. The predicted octanol–water partition coefficient (Wildman–Crippen LogP) is 3.76. The van der Waals surface area contributed by atoms with Crippen LogP contribution in [0, 0.1) is 11.3 Å². The van der Waals surface area contributed by atoms with Gasteiger partial charge in [-0.05, 0) is 24.1 Å². The van der Waals surface area contributed by atoms with E-state index in [2.05, 4.69) is 13.0 Å². The third-order valence-corrected chi connectivity index (χ3v) is 2.61. The lowest BCUT2D eigenvalue weighted by molar-refractivity contribution is 0.415. The number of methoxy groups -OCH3 is 1. The van der Waals surface area contributed by atoms with Crippen LogP contribution in [0.3, 0.4) is 0 Å². The Labute approximate surface area is 95.4 Å². The van der Waals surface area contributed by atoms with Gasteiger partial charge in [0.25, 0.3) is 0 Å². The molecule has 3 heteroatoms. The fourth-order valence-electron chi connectivity index (χ4n) is 1.49. The lowest BCUT2D eigenvalue weighted by atomic mass is 9.96. The van der Waals surface area contributed by atoms with Crippen LogP contribution in [0.15, 0.2) is 18.2 Å². The van der Waals surface area contributed by atoms with E-state index < -0.39 is 0 Å². The largest absolute Gasteiger partial charge is 0.495 e. The Kier molecular flexibility index (Phi) is 4.45. The van der Waals surface area contributed by atoms with Crippen molar-refractivity contribution in [2.75, 3.05) is 7.11 Å². The molecule has 0 aromatic heterocycles.